The first-order valence-electron chi connectivity index (χ1n) is 15.9. The Balaban J connectivity index is 1.63. The second kappa shape index (κ2) is 15.9. The van der Waals surface area contributed by atoms with E-state index in [1.54, 1.807) is 36.4 Å². The van der Waals surface area contributed by atoms with Gasteiger partial charge in [0, 0.05) is 56.1 Å². The van der Waals surface area contributed by atoms with Gasteiger partial charge in [-0.15, -0.1) is 0 Å². The summed E-state index contributed by atoms with van der Waals surface area (Å²) in [6.07, 6.45) is 7.28. The van der Waals surface area contributed by atoms with Gasteiger partial charge in [-0.3, -0.25) is 14.6 Å². The first kappa shape index (κ1) is 34.7. The Kier molecular flexibility index (Phi) is 12.0. The van der Waals surface area contributed by atoms with Gasteiger partial charge in [-0.2, -0.15) is 0 Å². The van der Waals surface area contributed by atoms with Crippen LogP contribution in [0.4, 0.5) is 8.78 Å². The molecular formula is C37H44F2N4O3. The molecule has 0 bridgehead atoms. The van der Waals surface area contributed by atoms with Gasteiger partial charge in [0.25, 0.3) is 0 Å². The number of hydrogen-bond acceptors (Lipinski definition) is 5. The highest BCUT2D eigenvalue weighted by Crippen LogP contribution is 2.44. The van der Waals surface area contributed by atoms with Gasteiger partial charge in [0.05, 0.1) is 11.5 Å². The Morgan fingerprint density at radius 3 is 2.35 bits per heavy atom. The number of aromatic nitrogens is 1. The molecule has 9 heteroatoms. The van der Waals surface area contributed by atoms with Crippen LogP contribution < -0.4 is 11.1 Å². The van der Waals surface area contributed by atoms with Crippen LogP contribution in [-0.4, -0.2) is 52.5 Å². The number of nitrogens with zero attached hydrogens (tertiary/aromatic N) is 2. The van der Waals surface area contributed by atoms with Gasteiger partial charge >= 0.3 is 0 Å². The van der Waals surface area contributed by atoms with Crippen molar-refractivity contribution in [2.24, 2.45) is 17.1 Å². The van der Waals surface area contributed by atoms with E-state index in [2.05, 4.69) is 10.3 Å². The van der Waals surface area contributed by atoms with E-state index in [9.17, 15) is 23.5 Å². The number of rotatable bonds is 15. The van der Waals surface area contributed by atoms with Crippen molar-refractivity contribution < 1.29 is 23.5 Å². The molecule has 3 atom stereocenters. The fraction of sp³-hybridized carbons (Fsp3) is 0.378. The third kappa shape index (κ3) is 8.53. The number of hydrogen-bond donors (Lipinski definition) is 3. The zero-order valence-corrected chi connectivity index (χ0v) is 26.8. The Morgan fingerprint density at radius 2 is 1.72 bits per heavy atom. The van der Waals surface area contributed by atoms with Crippen molar-refractivity contribution in [1.29, 1.82) is 0 Å². The Labute approximate surface area is 270 Å². The molecule has 0 spiro atoms. The van der Waals surface area contributed by atoms with Gasteiger partial charge in [-0.25, -0.2) is 8.78 Å². The van der Waals surface area contributed by atoms with Gasteiger partial charge in [0.15, 0.2) is 0 Å². The molecule has 244 valence electrons. The summed E-state index contributed by atoms with van der Waals surface area (Å²) in [7, 11) is 0. The number of nitrogens with two attached hydrogens (primary N) is 1. The molecule has 46 heavy (non-hydrogen) atoms. The van der Waals surface area contributed by atoms with Crippen LogP contribution in [0.15, 0.2) is 90.3 Å². The van der Waals surface area contributed by atoms with E-state index in [0.717, 1.165) is 35.6 Å². The number of benzene rings is 2. The van der Waals surface area contributed by atoms with E-state index in [1.165, 1.54) is 12.1 Å². The zero-order valence-electron chi connectivity index (χ0n) is 26.8. The molecule has 1 unspecified atom stereocenters. The Bertz CT molecular complexity index is 1550. The molecule has 4 N–H and O–H groups in total. The fourth-order valence-electron chi connectivity index (χ4n) is 6.46. The number of aliphatic hydroxyl groups is 1. The lowest BCUT2D eigenvalue weighted by Crippen LogP contribution is -2.51. The van der Waals surface area contributed by atoms with Gasteiger partial charge in [-0.1, -0.05) is 55.8 Å². The van der Waals surface area contributed by atoms with Crippen LogP contribution in [0.25, 0.3) is 11.1 Å². The van der Waals surface area contributed by atoms with Crippen LogP contribution >= 0.6 is 0 Å². The molecule has 4 rings (SSSR count). The molecule has 1 aliphatic rings. The van der Waals surface area contributed by atoms with Gasteiger partial charge in [0.2, 0.25) is 11.8 Å². The minimum absolute atomic E-state index is 0.0326. The number of allylic oxidation sites excluding steroid dienone is 2. The summed E-state index contributed by atoms with van der Waals surface area (Å²) in [5.74, 6) is -3.32. The van der Waals surface area contributed by atoms with Crippen LogP contribution in [-0.2, 0) is 22.6 Å². The maximum Gasteiger partial charge on any atom is 0.249 e. The maximum atomic E-state index is 14.3. The Morgan fingerprint density at radius 1 is 1.02 bits per heavy atom. The average Bonchev–Trinajstić information content (AvgIpc) is 3.03. The minimum Gasteiger partial charge on any atom is -0.391 e. The molecule has 7 nitrogen and oxygen atoms in total. The first-order valence-corrected chi connectivity index (χ1v) is 15.9. The second-order valence-electron chi connectivity index (χ2n) is 12.2. The molecular weight excluding hydrogens is 586 g/mol. The largest absolute Gasteiger partial charge is 0.391 e. The lowest BCUT2D eigenvalue weighted by molar-refractivity contribution is -0.132. The summed E-state index contributed by atoms with van der Waals surface area (Å²) in [6, 6.07) is 14.9. The first-order chi connectivity index (χ1) is 22.1. The minimum atomic E-state index is -1.49. The lowest BCUT2D eigenvalue weighted by Gasteiger charge is -2.42. The third-order valence-corrected chi connectivity index (χ3v) is 8.49. The van der Waals surface area contributed by atoms with Crippen LogP contribution in [0, 0.1) is 23.0 Å². The van der Waals surface area contributed by atoms with E-state index >= 15 is 0 Å². The number of carbonyl (C=O) groups excluding carboxylic acids is 2. The summed E-state index contributed by atoms with van der Waals surface area (Å²) in [5.41, 5.74) is 8.95. The maximum absolute atomic E-state index is 14.3. The van der Waals surface area contributed by atoms with E-state index in [4.69, 9.17) is 5.73 Å². The highest BCUT2D eigenvalue weighted by atomic mass is 19.1. The summed E-state index contributed by atoms with van der Waals surface area (Å²) in [4.78, 5) is 33.2. The molecule has 0 saturated heterocycles. The predicted molar refractivity (Wildman–Crippen MR) is 176 cm³/mol. The quantitative estimate of drug-likeness (QED) is 0.199. The fourth-order valence-corrected chi connectivity index (χ4v) is 6.46. The molecule has 0 aliphatic heterocycles. The number of halogens is 2. The van der Waals surface area contributed by atoms with Crippen molar-refractivity contribution in [3.63, 3.8) is 0 Å². The molecule has 1 aliphatic carbocycles. The summed E-state index contributed by atoms with van der Waals surface area (Å²) in [6.45, 7) is 7.39. The molecule has 3 aromatic rings. The van der Waals surface area contributed by atoms with Crippen LogP contribution in [0.5, 0.6) is 0 Å². The average molecular weight is 631 g/mol. The van der Waals surface area contributed by atoms with Gasteiger partial charge < -0.3 is 21.1 Å². The number of pyridine rings is 1. The normalized spacial score (nSPS) is 17.5. The van der Waals surface area contributed by atoms with Crippen molar-refractivity contribution in [3.05, 3.63) is 113 Å². The highest BCUT2D eigenvalue weighted by molar-refractivity contribution is 5.97. The molecule has 0 saturated carbocycles. The standard InChI is InChI=1S/C37H44F2N4O3/c1-4-12-43(13-5-2)35(45)30-14-25(3)20-37(21-30,36(40)46)33(18-27-16-31(38)19-32(39)17-27)34(44)24-42-22-26-8-6-9-28(15-26)29-10-7-11-41-23-29/h6-11,14-17,19-20,23,33-34,42,44H,4-5,12-13,18,21-22,24H2,1-3H3,(H2,40,46)/t33-,34+,37?/m1/s1. The summed E-state index contributed by atoms with van der Waals surface area (Å²) >= 11 is 0. The highest BCUT2D eigenvalue weighted by Gasteiger charge is 2.48. The second-order valence-corrected chi connectivity index (χ2v) is 12.2. The van der Waals surface area contributed by atoms with Crippen molar-refractivity contribution in [1.82, 2.24) is 15.2 Å². The van der Waals surface area contributed by atoms with Gasteiger partial charge in [0.1, 0.15) is 11.6 Å². The number of amides is 2. The van der Waals surface area contributed by atoms with E-state index in [1.807, 2.05) is 50.2 Å². The number of primary amides is 1. The number of nitrogens with one attached hydrogen (secondary N) is 1. The molecule has 2 aromatic carbocycles. The smallest absolute Gasteiger partial charge is 0.249 e. The van der Waals surface area contributed by atoms with Crippen molar-refractivity contribution in [2.45, 2.75) is 59.1 Å². The predicted octanol–water partition coefficient (Wildman–Crippen LogP) is 5.73. The SMILES string of the molecule is CCCN(CCC)C(=O)C1=CC(C)=CC(C(N)=O)([C@H](Cc2cc(F)cc(F)c2)[C@@H](O)CNCc2cccc(-c3cccnc3)c2)C1. The van der Waals surface area contributed by atoms with E-state index < -0.39 is 35.0 Å². The summed E-state index contributed by atoms with van der Waals surface area (Å²) in [5, 5.41) is 15.0. The molecule has 0 fully saturated rings. The van der Waals surface area contributed by atoms with E-state index in [-0.39, 0.29) is 30.9 Å². The van der Waals surface area contributed by atoms with Crippen molar-refractivity contribution >= 4 is 11.8 Å². The van der Waals surface area contributed by atoms with Crippen molar-refractivity contribution in [2.75, 3.05) is 19.6 Å². The number of carbonyl (C=O) groups is 2. The Hall–Kier alpha value is -4.21. The number of aliphatic hydroxyl groups excluding tert-OH is 1. The summed E-state index contributed by atoms with van der Waals surface area (Å²) < 4.78 is 28.6. The molecule has 1 heterocycles. The topological polar surface area (TPSA) is 109 Å². The van der Waals surface area contributed by atoms with Crippen LogP contribution in [0.1, 0.15) is 51.2 Å². The zero-order chi connectivity index (χ0) is 33.3. The molecule has 1 aromatic heterocycles. The monoisotopic (exact) mass is 630 g/mol. The van der Waals surface area contributed by atoms with E-state index in [0.29, 0.717) is 30.8 Å². The van der Waals surface area contributed by atoms with Crippen LogP contribution in [0.2, 0.25) is 0 Å². The van der Waals surface area contributed by atoms with Crippen LogP contribution in [0.3, 0.4) is 0 Å². The van der Waals surface area contributed by atoms with Gasteiger partial charge in [-0.05, 0) is 79.1 Å². The lowest BCUT2D eigenvalue weighted by atomic mass is 9.63. The third-order valence-electron chi connectivity index (χ3n) is 8.49. The van der Waals surface area contributed by atoms with Crippen molar-refractivity contribution in [3.8, 4) is 11.1 Å². The molecule has 0 radical (unpaired) electrons. The molecule has 2 amide bonds.